The summed E-state index contributed by atoms with van der Waals surface area (Å²) in [6.07, 6.45) is 0. The smallest absolute Gasteiger partial charge is 0.165 e. The third-order valence-corrected chi connectivity index (χ3v) is 2.49. The number of para-hydroxylation sites is 1. The first-order chi connectivity index (χ1) is 8.20. The number of halogens is 2. The minimum absolute atomic E-state index is 0.101. The molecule has 0 spiro atoms. The molecular weight excluding hydrogens is 243 g/mol. The van der Waals surface area contributed by atoms with Gasteiger partial charge >= 0.3 is 0 Å². The summed E-state index contributed by atoms with van der Waals surface area (Å²) in [6.45, 7) is -0.193. The standard InChI is InChI=1S/C13H10ClFO2/c14-10-6-5-9(8-16)13(7-10)17-12-4-2-1-3-11(12)15/h1-7,16H,8H2. The van der Waals surface area contributed by atoms with Crippen molar-refractivity contribution in [3.63, 3.8) is 0 Å². The van der Waals surface area contributed by atoms with Crippen LogP contribution in [0.5, 0.6) is 11.5 Å². The van der Waals surface area contributed by atoms with Gasteiger partial charge < -0.3 is 9.84 Å². The molecule has 0 aliphatic carbocycles. The minimum Gasteiger partial charge on any atom is -0.454 e. The van der Waals surface area contributed by atoms with Crippen LogP contribution in [0.25, 0.3) is 0 Å². The van der Waals surface area contributed by atoms with E-state index in [1.54, 1.807) is 30.3 Å². The molecule has 0 radical (unpaired) electrons. The zero-order chi connectivity index (χ0) is 12.3. The summed E-state index contributed by atoms with van der Waals surface area (Å²) in [7, 11) is 0. The van der Waals surface area contributed by atoms with Gasteiger partial charge in [0.1, 0.15) is 5.75 Å². The van der Waals surface area contributed by atoms with Crippen molar-refractivity contribution in [3.05, 3.63) is 58.9 Å². The molecule has 2 nitrogen and oxygen atoms in total. The number of aliphatic hydroxyl groups excluding tert-OH is 1. The van der Waals surface area contributed by atoms with Crippen LogP contribution >= 0.6 is 11.6 Å². The molecule has 0 saturated carbocycles. The highest BCUT2D eigenvalue weighted by atomic mass is 35.5. The summed E-state index contributed by atoms with van der Waals surface area (Å²) in [5.74, 6) is -0.00840. The Balaban J connectivity index is 2.35. The number of rotatable bonds is 3. The van der Waals surface area contributed by atoms with Gasteiger partial charge in [-0.15, -0.1) is 0 Å². The van der Waals surface area contributed by atoms with Gasteiger partial charge in [0.05, 0.1) is 6.61 Å². The lowest BCUT2D eigenvalue weighted by Crippen LogP contribution is -1.93. The lowest BCUT2D eigenvalue weighted by molar-refractivity contribution is 0.276. The van der Waals surface area contributed by atoms with Crippen LogP contribution < -0.4 is 4.74 Å². The zero-order valence-corrected chi connectivity index (χ0v) is 9.62. The van der Waals surface area contributed by atoms with Crippen molar-refractivity contribution in [2.45, 2.75) is 6.61 Å². The van der Waals surface area contributed by atoms with E-state index in [0.717, 1.165) is 0 Å². The third-order valence-electron chi connectivity index (χ3n) is 2.26. The average Bonchev–Trinajstić information content (AvgIpc) is 2.32. The fraction of sp³-hybridized carbons (Fsp3) is 0.0769. The zero-order valence-electron chi connectivity index (χ0n) is 8.86. The van der Waals surface area contributed by atoms with Crippen LogP contribution in [-0.2, 0) is 6.61 Å². The van der Waals surface area contributed by atoms with Gasteiger partial charge in [0, 0.05) is 10.6 Å². The predicted octanol–water partition coefficient (Wildman–Crippen LogP) is 3.76. The van der Waals surface area contributed by atoms with Gasteiger partial charge in [0.25, 0.3) is 0 Å². The van der Waals surface area contributed by atoms with Crippen LogP contribution in [0.15, 0.2) is 42.5 Å². The van der Waals surface area contributed by atoms with Crippen LogP contribution in [0.1, 0.15) is 5.56 Å². The number of hydrogen-bond acceptors (Lipinski definition) is 2. The van der Waals surface area contributed by atoms with E-state index in [0.29, 0.717) is 16.3 Å². The Kier molecular flexibility index (Phi) is 3.61. The molecule has 0 amide bonds. The monoisotopic (exact) mass is 252 g/mol. The predicted molar refractivity (Wildman–Crippen MR) is 63.8 cm³/mol. The Labute approximate surface area is 103 Å². The van der Waals surface area contributed by atoms with Crippen molar-refractivity contribution in [2.24, 2.45) is 0 Å². The average molecular weight is 253 g/mol. The number of hydrogen-bond donors (Lipinski definition) is 1. The van der Waals surface area contributed by atoms with Crippen LogP contribution in [0.2, 0.25) is 5.02 Å². The van der Waals surface area contributed by atoms with Crippen LogP contribution in [0, 0.1) is 5.82 Å². The third kappa shape index (κ3) is 2.75. The molecule has 0 heterocycles. The van der Waals surface area contributed by atoms with Crippen molar-refractivity contribution in [3.8, 4) is 11.5 Å². The van der Waals surface area contributed by atoms with E-state index >= 15 is 0 Å². The Morgan fingerprint density at radius 2 is 1.88 bits per heavy atom. The number of benzene rings is 2. The summed E-state index contributed by atoms with van der Waals surface area (Å²) in [5.41, 5.74) is 0.553. The largest absolute Gasteiger partial charge is 0.454 e. The molecule has 0 unspecified atom stereocenters. The molecule has 0 aliphatic rings. The van der Waals surface area contributed by atoms with E-state index in [4.69, 9.17) is 21.4 Å². The molecule has 4 heteroatoms. The maximum absolute atomic E-state index is 13.4. The normalized spacial score (nSPS) is 10.3. The maximum Gasteiger partial charge on any atom is 0.165 e. The summed E-state index contributed by atoms with van der Waals surface area (Å²) >= 11 is 5.82. The molecule has 0 aliphatic heterocycles. The molecule has 1 N–H and O–H groups in total. The van der Waals surface area contributed by atoms with Gasteiger partial charge in [-0.2, -0.15) is 0 Å². The number of aliphatic hydroxyl groups is 1. The second-order valence-corrected chi connectivity index (χ2v) is 3.88. The molecule has 0 fully saturated rings. The van der Waals surface area contributed by atoms with Crippen molar-refractivity contribution >= 4 is 11.6 Å². The SMILES string of the molecule is OCc1ccc(Cl)cc1Oc1ccccc1F. The first kappa shape index (κ1) is 11.9. The van der Waals surface area contributed by atoms with E-state index in [9.17, 15) is 4.39 Å². The lowest BCUT2D eigenvalue weighted by atomic mass is 10.2. The first-order valence-electron chi connectivity index (χ1n) is 5.02. The van der Waals surface area contributed by atoms with E-state index in [1.807, 2.05) is 0 Å². The van der Waals surface area contributed by atoms with E-state index in [2.05, 4.69) is 0 Å². The summed E-state index contributed by atoms with van der Waals surface area (Å²) in [4.78, 5) is 0. The quantitative estimate of drug-likeness (QED) is 0.901. The molecule has 0 saturated heterocycles. The molecule has 88 valence electrons. The first-order valence-corrected chi connectivity index (χ1v) is 5.40. The van der Waals surface area contributed by atoms with Gasteiger partial charge in [0.2, 0.25) is 0 Å². The van der Waals surface area contributed by atoms with Crippen molar-refractivity contribution in [1.82, 2.24) is 0 Å². The van der Waals surface area contributed by atoms with Crippen molar-refractivity contribution in [2.75, 3.05) is 0 Å². The Morgan fingerprint density at radius 1 is 1.12 bits per heavy atom. The molecule has 17 heavy (non-hydrogen) atoms. The van der Waals surface area contributed by atoms with Crippen molar-refractivity contribution < 1.29 is 14.2 Å². The van der Waals surface area contributed by atoms with Crippen LogP contribution in [-0.4, -0.2) is 5.11 Å². The Morgan fingerprint density at radius 3 is 2.59 bits per heavy atom. The molecule has 2 rings (SSSR count). The lowest BCUT2D eigenvalue weighted by Gasteiger charge is -2.10. The minimum atomic E-state index is -0.462. The highest BCUT2D eigenvalue weighted by Gasteiger charge is 2.08. The van der Waals surface area contributed by atoms with Gasteiger partial charge in [-0.05, 0) is 24.3 Å². The summed E-state index contributed by atoms with van der Waals surface area (Å²) in [6, 6.07) is 10.9. The van der Waals surface area contributed by atoms with E-state index in [-0.39, 0.29) is 12.4 Å². The van der Waals surface area contributed by atoms with Crippen LogP contribution in [0.3, 0.4) is 0 Å². The fourth-order valence-electron chi connectivity index (χ4n) is 1.40. The van der Waals surface area contributed by atoms with Gasteiger partial charge in [-0.3, -0.25) is 0 Å². The van der Waals surface area contributed by atoms with Crippen LogP contribution in [0.4, 0.5) is 4.39 Å². The van der Waals surface area contributed by atoms with E-state index < -0.39 is 5.82 Å². The maximum atomic E-state index is 13.4. The highest BCUT2D eigenvalue weighted by Crippen LogP contribution is 2.29. The molecule has 0 bridgehead atoms. The number of ether oxygens (including phenoxy) is 1. The molecular formula is C13H10ClFO2. The Hall–Kier alpha value is -1.58. The Bertz CT molecular complexity index is 529. The second-order valence-electron chi connectivity index (χ2n) is 3.44. The van der Waals surface area contributed by atoms with E-state index in [1.165, 1.54) is 12.1 Å². The van der Waals surface area contributed by atoms with Gasteiger partial charge in [0.15, 0.2) is 11.6 Å². The van der Waals surface area contributed by atoms with Crippen molar-refractivity contribution in [1.29, 1.82) is 0 Å². The summed E-state index contributed by atoms with van der Waals surface area (Å²) < 4.78 is 18.8. The van der Waals surface area contributed by atoms with Gasteiger partial charge in [-0.1, -0.05) is 29.8 Å². The molecule has 0 aromatic heterocycles. The summed E-state index contributed by atoms with van der Waals surface area (Å²) in [5, 5.41) is 9.61. The second kappa shape index (κ2) is 5.17. The molecule has 0 atom stereocenters. The highest BCUT2D eigenvalue weighted by molar-refractivity contribution is 6.30. The fourth-order valence-corrected chi connectivity index (χ4v) is 1.56. The topological polar surface area (TPSA) is 29.5 Å². The van der Waals surface area contributed by atoms with Gasteiger partial charge in [-0.25, -0.2) is 4.39 Å². The molecule has 2 aromatic rings. The molecule has 2 aromatic carbocycles.